The molecule has 0 spiro atoms. The molecule has 1 aliphatic rings. The molecule has 6 nitrogen and oxygen atoms in total. The normalized spacial score (nSPS) is 17.6. The fourth-order valence-electron chi connectivity index (χ4n) is 2.12. The first-order valence-corrected chi connectivity index (χ1v) is 6.15. The zero-order valence-corrected chi connectivity index (χ0v) is 10.3. The maximum absolute atomic E-state index is 11.9. The van der Waals surface area contributed by atoms with Crippen molar-refractivity contribution in [2.24, 2.45) is 0 Å². The number of amides is 1. The van der Waals surface area contributed by atoms with Crippen molar-refractivity contribution in [3.8, 4) is 0 Å². The van der Waals surface area contributed by atoms with Gasteiger partial charge in [-0.05, 0) is 19.8 Å². The number of hydrogen-bond acceptors (Lipinski definition) is 3. The second-order valence-corrected chi connectivity index (χ2v) is 4.68. The second kappa shape index (κ2) is 5.20. The number of carboxylic acid groups (broad SMARTS) is 1. The Labute approximate surface area is 105 Å². The summed E-state index contributed by atoms with van der Waals surface area (Å²) in [5.74, 6) is -1.15. The van der Waals surface area contributed by atoms with Gasteiger partial charge in [0.1, 0.15) is 6.04 Å². The van der Waals surface area contributed by atoms with Crippen LogP contribution in [0.5, 0.6) is 0 Å². The molecule has 0 aliphatic heterocycles. The van der Waals surface area contributed by atoms with Gasteiger partial charge >= 0.3 is 5.97 Å². The number of carbonyl (C=O) groups is 2. The largest absolute Gasteiger partial charge is 0.480 e. The summed E-state index contributed by atoms with van der Waals surface area (Å²) >= 11 is 0. The number of nitrogens with zero attached hydrogens (tertiary/aromatic N) is 2. The van der Waals surface area contributed by atoms with E-state index in [-0.39, 0.29) is 11.9 Å². The van der Waals surface area contributed by atoms with Crippen LogP contribution < -0.4 is 5.32 Å². The lowest BCUT2D eigenvalue weighted by Crippen LogP contribution is -2.32. The van der Waals surface area contributed by atoms with Gasteiger partial charge in [0.2, 0.25) is 0 Å². The maximum Gasteiger partial charge on any atom is 0.328 e. The van der Waals surface area contributed by atoms with Crippen LogP contribution in [-0.2, 0) is 4.79 Å². The Bertz CT molecular complexity index is 449. The number of aromatic nitrogens is 2. The van der Waals surface area contributed by atoms with Gasteiger partial charge in [0.25, 0.3) is 5.91 Å². The molecule has 98 valence electrons. The number of carboxylic acids is 1. The lowest BCUT2D eigenvalue weighted by atomic mass is 10.2. The van der Waals surface area contributed by atoms with E-state index >= 15 is 0 Å². The Kier molecular flexibility index (Phi) is 3.64. The van der Waals surface area contributed by atoms with Gasteiger partial charge in [0, 0.05) is 12.2 Å². The summed E-state index contributed by atoms with van der Waals surface area (Å²) in [7, 11) is 0. The molecule has 6 heteroatoms. The van der Waals surface area contributed by atoms with Crippen molar-refractivity contribution in [2.75, 3.05) is 0 Å². The highest BCUT2D eigenvalue weighted by Gasteiger charge is 2.20. The van der Waals surface area contributed by atoms with Crippen molar-refractivity contribution in [2.45, 2.75) is 44.7 Å². The number of rotatable bonds is 4. The first-order chi connectivity index (χ1) is 8.58. The van der Waals surface area contributed by atoms with Gasteiger partial charge in [-0.2, -0.15) is 5.10 Å². The van der Waals surface area contributed by atoms with Crippen molar-refractivity contribution in [3.05, 3.63) is 18.0 Å². The first kappa shape index (κ1) is 12.6. The average Bonchev–Trinajstić information content (AvgIpc) is 2.97. The SMILES string of the molecule is CC(C(=O)O)n1cc(C(=O)NC2CCCC2)cn1. The molecular weight excluding hydrogens is 234 g/mol. The molecule has 1 aromatic rings. The predicted octanol–water partition coefficient (Wildman–Crippen LogP) is 1.20. The van der Waals surface area contributed by atoms with E-state index in [1.54, 1.807) is 0 Å². The molecule has 1 aromatic heterocycles. The Morgan fingerprint density at radius 1 is 1.50 bits per heavy atom. The van der Waals surface area contributed by atoms with E-state index in [1.807, 2.05) is 0 Å². The maximum atomic E-state index is 11.9. The second-order valence-electron chi connectivity index (χ2n) is 4.68. The van der Waals surface area contributed by atoms with Crippen molar-refractivity contribution in [1.82, 2.24) is 15.1 Å². The van der Waals surface area contributed by atoms with Crippen molar-refractivity contribution in [1.29, 1.82) is 0 Å². The Hall–Kier alpha value is -1.85. The zero-order valence-electron chi connectivity index (χ0n) is 10.3. The molecule has 1 amide bonds. The third-order valence-electron chi connectivity index (χ3n) is 3.31. The van der Waals surface area contributed by atoms with Crippen molar-refractivity contribution >= 4 is 11.9 Å². The quantitative estimate of drug-likeness (QED) is 0.842. The topological polar surface area (TPSA) is 84.2 Å². The fraction of sp³-hybridized carbons (Fsp3) is 0.583. The minimum Gasteiger partial charge on any atom is -0.480 e. The van der Waals surface area contributed by atoms with Gasteiger partial charge < -0.3 is 10.4 Å². The number of hydrogen-bond donors (Lipinski definition) is 2. The van der Waals surface area contributed by atoms with Gasteiger partial charge in [-0.1, -0.05) is 12.8 Å². The highest BCUT2D eigenvalue weighted by atomic mass is 16.4. The zero-order chi connectivity index (χ0) is 13.1. The van der Waals surface area contributed by atoms with Gasteiger partial charge in [-0.25, -0.2) is 4.79 Å². The van der Waals surface area contributed by atoms with Crippen LogP contribution in [-0.4, -0.2) is 32.8 Å². The Morgan fingerprint density at radius 2 is 2.17 bits per heavy atom. The molecule has 0 aromatic carbocycles. The van der Waals surface area contributed by atoms with Gasteiger partial charge in [0.15, 0.2) is 0 Å². The monoisotopic (exact) mass is 251 g/mol. The van der Waals surface area contributed by atoms with E-state index in [2.05, 4.69) is 10.4 Å². The van der Waals surface area contributed by atoms with Crippen molar-refractivity contribution < 1.29 is 14.7 Å². The van der Waals surface area contributed by atoms with E-state index in [0.717, 1.165) is 25.7 Å². The number of nitrogens with one attached hydrogen (secondary N) is 1. The Balaban J connectivity index is 2.00. The highest BCUT2D eigenvalue weighted by Crippen LogP contribution is 2.18. The summed E-state index contributed by atoms with van der Waals surface area (Å²) < 4.78 is 1.28. The average molecular weight is 251 g/mol. The third kappa shape index (κ3) is 2.69. The molecule has 1 saturated carbocycles. The van der Waals surface area contributed by atoms with Crippen LogP contribution in [0.1, 0.15) is 49.0 Å². The molecule has 0 bridgehead atoms. The predicted molar refractivity (Wildman–Crippen MR) is 64.3 cm³/mol. The van der Waals surface area contributed by atoms with E-state index < -0.39 is 12.0 Å². The van der Waals surface area contributed by atoms with E-state index in [4.69, 9.17) is 5.11 Å². The summed E-state index contributed by atoms with van der Waals surface area (Å²) in [5.41, 5.74) is 0.412. The van der Waals surface area contributed by atoms with Crippen LogP contribution in [0.15, 0.2) is 12.4 Å². The molecule has 1 unspecified atom stereocenters. The van der Waals surface area contributed by atoms with Crippen LogP contribution >= 0.6 is 0 Å². The van der Waals surface area contributed by atoms with Crippen LogP contribution in [0, 0.1) is 0 Å². The lowest BCUT2D eigenvalue weighted by molar-refractivity contribution is -0.140. The van der Waals surface area contributed by atoms with E-state index in [1.165, 1.54) is 24.0 Å². The summed E-state index contributed by atoms with van der Waals surface area (Å²) in [4.78, 5) is 22.7. The molecule has 0 radical (unpaired) electrons. The minimum absolute atomic E-state index is 0.175. The van der Waals surface area contributed by atoms with Crippen LogP contribution in [0.2, 0.25) is 0 Å². The molecule has 1 heterocycles. The molecule has 0 saturated heterocycles. The number of carbonyl (C=O) groups excluding carboxylic acids is 1. The first-order valence-electron chi connectivity index (χ1n) is 6.15. The van der Waals surface area contributed by atoms with Crippen LogP contribution in [0.4, 0.5) is 0 Å². The van der Waals surface area contributed by atoms with Crippen LogP contribution in [0.25, 0.3) is 0 Å². The van der Waals surface area contributed by atoms with Gasteiger partial charge in [0.05, 0.1) is 11.8 Å². The minimum atomic E-state index is -0.971. The summed E-state index contributed by atoms with van der Waals surface area (Å²) in [6.45, 7) is 1.52. The highest BCUT2D eigenvalue weighted by molar-refractivity contribution is 5.94. The summed E-state index contributed by atoms with van der Waals surface area (Å²) in [5, 5.41) is 15.7. The smallest absolute Gasteiger partial charge is 0.328 e. The van der Waals surface area contributed by atoms with Gasteiger partial charge in [-0.15, -0.1) is 0 Å². The molecule has 1 atom stereocenters. The van der Waals surface area contributed by atoms with Crippen molar-refractivity contribution in [3.63, 3.8) is 0 Å². The summed E-state index contributed by atoms with van der Waals surface area (Å²) in [6.07, 6.45) is 7.23. The molecule has 2 rings (SSSR count). The van der Waals surface area contributed by atoms with Crippen LogP contribution in [0.3, 0.4) is 0 Å². The lowest BCUT2D eigenvalue weighted by Gasteiger charge is -2.10. The third-order valence-corrected chi connectivity index (χ3v) is 3.31. The standard InChI is InChI=1S/C12H17N3O3/c1-8(12(17)18)15-7-9(6-13-15)11(16)14-10-4-2-3-5-10/h6-8,10H,2-5H2,1H3,(H,14,16)(H,17,18). The van der Waals surface area contributed by atoms with E-state index in [0.29, 0.717) is 5.56 Å². The molecule has 1 fully saturated rings. The molecule has 1 aliphatic carbocycles. The number of aliphatic carboxylic acids is 1. The Morgan fingerprint density at radius 3 is 2.78 bits per heavy atom. The van der Waals surface area contributed by atoms with Gasteiger partial charge in [-0.3, -0.25) is 9.48 Å². The fourth-order valence-corrected chi connectivity index (χ4v) is 2.12. The summed E-state index contributed by atoms with van der Waals surface area (Å²) in [6, 6.07) is -0.518. The van der Waals surface area contributed by atoms with E-state index in [9.17, 15) is 9.59 Å². The molecular formula is C12H17N3O3. The molecule has 18 heavy (non-hydrogen) atoms. The molecule has 2 N–H and O–H groups in total.